The van der Waals surface area contributed by atoms with E-state index in [4.69, 9.17) is 80.5 Å². The zero-order valence-corrected chi connectivity index (χ0v) is 73.0. The van der Waals surface area contributed by atoms with Gasteiger partial charge in [0.25, 0.3) is 0 Å². The molecule has 18 rings (SSSR count). The fourth-order valence-corrected chi connectivity index (χ4v) is 22.6. The lowest BCUT2D eigenvalue weighted by Crippen LogP contribution is -2.49. The van der Waals surface area contributed by atoms with Gasteiger partial charge in [0.2, 0.25) is 0 Å². The third-order valence-corrected chi connectivity index (χ3v) is 31.6. The molecule has 0 aromatic carbocycles. The average molecular weight is 1710 g/mol. The highest BCUT2D eigenvalue weighted by Crippen LogP contribution is 2.63. The third-order valence-electron chi connectivity index (χ3n) is 31.6. The number of ether oxygens (including phenoxy) is 17. The average Bonchev–Trinajstić information content (AvgIpc) is 1.55. The molecular formula is C89H124O32. The lowest BCUT2D eigenvalue weighted by atomic mass is 9.74. The van der Waals surface area contributed by atoms with Gasteiger partial charge in [-0.25, -0.2) is 0 Å². The number of cyclic esters (lactones) is 3. The Balaban J connectivity index is 0.000000125. The molecule has 37 unspecified atom stereocenters. The molecule has 8 aliphatic carbocycles. The molecular weight excluding hydrogens is 1580 g/mol. The first kappa shape index (κ1) is 90.7. The topological polar surface area (TPSA) is 413 Å². The largest absolute Gasteiger partial charge is 0.469 e. The van der Waals surface area contributed by atoms with Crippen LogP contribution in [-0.4, -0.2) is 210 Å². The summed E-state index contributed by atoms with van der Waals surface area (Å²) in [6, 6.07) is 0. The molecule has 0 aromatic rings. The molecule has 18 fully saturated rings. The molecule has 10 aliphatic heterocycles. The Bertz CT molecular complexity index is 3940. The lowest BCUT2D eigenvalue weighted by Gasteiger charge is -2.35. The number of fused-ring (bicyclic) bond motifs is 18. The number of rotatable bonds is 21. The SMILES string of the molecule is CCC(C)(C)C(=O)OC1C(C)C2CC1C1COC(=O)C21.CCC(C)(C)C(=O)OC1C2OC(=O)C3C2OC1C3C(=O)OC.CCC(C)(C)C(=O)OC1CC2CC1C1COC(=O)C21.CCC(C)C(=O)OC1C2CC3C1OC(=O)C3C2C(=O)OC.CCC(C)C(=O)OC1C2OC(=O)C3C2OC1C3C(=O)OC.CCC(C)C(=O)OC1CC2CC1C1COC(=O)C21. The summed E-state index contributed by atoms with van der Waals surface area (Å²) in [4.78, 5) is 179. The Hall–Kier alpha value is -8.03. The van der Waals surface area contributed by atoms with Crippen LogP contribution in [0.2, 0.25) is 0 Å². The van der Waals surface area contributed by atoms with Crippen LogP contribution in [0.3, 0.4) is 0 Å². The van der Waals surface area contributed by atoms with E-state index < -0.39 is 137 Å². The van der Waals surface area contributed by atoms with Crippen molar-refractivity contribution in [3.8, 4) is 0 Å². The molecule has 0 amide bonds. The van der Waals surface area contributed by atoms with Crippen LogP contribution in [0.1, 0.15) is 188 Å². The van der Waals surface area contributed by atoms with Gasteiger partial charge in [0.1, 0.15) is 78.6 Å². The van der Waals surface area contributed by atoms with Crippen LogP contribution in [0.25, 0.3) is 0 Å². The van der Waals surface area contributed by atoms with E-state index in [1.165, 1.54) is 21.3 Å². The van der Waals surface area contributed by atoms with Gasteiger partial charge in [-0.05, 0) is 142 Å². The zero-order valence-electron chi connectivity index (χ0n) is 73.0. The van der Waals surface area contributed by atoms with Crippen LogP contribution in [-0.2, 0) is 152 Å². The van der Waals surface area contributed by atoms with Crippen molar-refractivity contribution in [3.63, 3.8) is 0 Å². The molecule has 18 aliphatic rings. The summed E-state index contributed by atoms with van der Waals surface area (Å²) < 4.78 is 90.9. The maximum Gasteiger partial charge on any atom is 0.313 e. The van der Waals surface area contributed by atoms with Crippen molar-refractivity contribution in [3.05, 3.63) is 0 Å². The Morgan fingerprint density at radius 1 is 0.339 bits per heavy atom. The highest BCUT2D eigenvalue weighted by molar-refractivity contribution is 5.89. The fraction of sp³-hybridized carbons (Fsp3) is 0.831. The minimum Gasteiger partial charge on any atom is -0.469 e. The highest BCUT2D eigenvalue weighted by Gasteiger charge is 2.75. The van der Waals surface area contributed by atoms with Crippen LogP contribution in [0.4, 0.5) is 0 Å². The van der Waals surface area contributed by atoms with E-state index in [9.17, 15) is 71.9 Å². The summed E-state index contributed by atoms with van der Waals surface area (Å²) in [6.45, 7) is 32.1. The fourth-order valence-electron chi connectivity index (χ4n) is 22.6. The van der Waals surface area contributed by atoms with Crippen LogP contribution < -0.4 is 0 Å². The minimum absolute atomic E-state index is 0.000856. The monoisotopic (exact) mass is 1700 g/mol. The number of hydrogen-bond donors (Lipinski definition) is 0. The predicted octanol–water partition coefficient (Wildman–Crippen LogP) is 7.77. The smallest absolute Gasteiger partial charge is 0.313 e. The first-order chi connectivity index (χ1) is 57.2. The second-order valence-electron chi connectivity index (χ2n) is 38.9. The molecule has 32 nitrogen and oxygen atoms in total. The molecule has 10 heterocycles. The Morgan fingerprint density at radius 2 is 0.694 bits per heavy atom. The van der Waals surface area contributed by atoms with Crippen molar-refractivity contribution in [1.29, 1.82) is 0 Å². The molecule has 10 saturated heterocycles. The van der Waals surface area contributed by atoms with Crippen LogP contribution in [0.15, 0.2) is 0 Å². The van der Waals surface area contributed by atoms with Gasteiger partial charge in [-0.2, -0.15) is 0 Å². The standard InChI is InChI=1S/C16H24O4.C15H20O7.C15H20O6.C15H22O4.C14H18O7.C14H20O4/c1-5-16(3,4)15(18)20-13-8(2)9-6-10(13)11-7-19-14(17)12(9)11;1-5-15(2,3)14(18)22-11-8-6(12(16)19-4)7-9(20-8)10(11)21-13(7)17;1-4-6(2)13(16)20-11-7-5-8-10(9(7)14(17)19-3)15(18)21-12(8)11;1-4-15(2,3)14(17)19-11-6-8-5-9(11)10-7-18-13(16)12(8)10;1-4-5(2)12(15)20-10-8-6(13(16)18-3)7-9(19-8)11(10)21-14(7)17;1-3-7(2)13(15)18-11-5-8-4-9(11)10-6-17-14(16)12(8)10/h8-13H,5-7H2,1-4H3;6-11H,5H2,1-4H3;6-12H,4-5H2,1-3H3;8-12H,4-7H2,1-3H3;5-11H,4H2,1-3H3;7-12H,3-6H2,1-2H3. The molecule has 37 atom stereocenters. The van der Waals surface area contributed by atoms with Gasteiger partial charge >= 0.3 is 89.5 Å². The molecule has 0 aromatic heterocycles. The molecule has 672 valence electrons. The van der Waals surface area contributed by atoms with Crippen molar-refractivity contribution in [1.82, 2.24) is 0 Å². The van der Waals surface area contributed by atoms with Gasteiger partial charge < -0.3 is 80.5 Å². The second-order valence-corrected chi connectivity index (χ2v) is 38.9. The number of carbonyl (C=O) groups excluding carboxylic acids is 15. The normalized spacial score (nSPS) is 40.9. The minimum atomic E-state index is -0.774. The van der Waals surface area contributed by atoms with Gasteiger partial charge in [0.15, 0.2) is 24.4 Å². The first-order valence-corrected chi connectivity index (χ1v) is 44.1. The first-order valence-electron chi connectivity index (χ1n) is 44.1. The van der Waals surface area contributed by atoms with Crippen LogP contribution in [0.5, 0.6) is 0 Å². The second kappa shape index (κ2) is 35.2. The highest BCUT2D eigenvalue weighted by atomic mass is 16.7. The maximum atomic E-state index is 12.3. The zero-order chi connectivity index (χ0) is 88.1. The molecule has 0 radical (unpaired) electrons. The Labute approximate surface area is 705 Å². The summed E-state index contributed by atoms with van der Waals surface area (Å²) in [5, 5.41) is 0. The van der Waals surface area contributed by atoms with Crippen molar-refractivity contribution in [2.45, 2.75) is 267 Å². The Morgan fingerprint density at radius 3 is 1.12 bits per heavy atom. The van der Waals surface area contributed by atoms with Crippen molar-refractivity contribution in [2.24, 2.45) is 158 Å². The van der Waals surface area contributed by atoms with E-state index in [2.05, 4.69) is 6.92 Å². The molecule has 32 heteroatoms. The van der Waals surface area contributed by atoms with E-state index in [-0.39, 0.29) is 149 Å². The third kappa shape index (κ3) is 16.1. The Kier molecular flexibility index (Phi) is 26.4. The van der Waals surface area contributed by atoms with Crippen LogP contribution in [0, 0.1) is 158 Å². The van der Waals surface area contributed by atoms with E-state index >= 15 is 0 Å². The molecule has 12 bridgehead atoms. The quantitative estimate of drug-likeness (QED) is 0.0781. The predicted molar refractivity (Wildman–Crippen MR) is 412 cm³/mol. The summed E-state index contributed by atoms with van der Waals surface area (Å²) in [7, 11) is 3.83. The van der Waals surface area contributed by atoms with Crippen LogP contribution >= 0.6 is 0 Å². The van der Waals surface area contributed by atoms with Gasteiger partial charge in [0.05, 0.1) is 105 Å². The summed E-state index contributed by atoms with van der Waals surface area (Å²) in [5.74, 6) is -5.31. The van der Waals surface area contributed by atoms with E-state index in [1.54, 1.807) is 27.7 Å². The molecule has 8 saturated carbocycles. The van der Waals surface area contributed by atoms with Crippen molar-refractivity contribution >= 4 is 89.5 Å². The van der Waals surface area contributed by atoms with E-state index in [1.807, 2.05) is 76.2 Å². The van der Waals surface area contributed by atoms with Gasteiger partial charge in [0, 0.05) is 47.3 Å². The number of carbonyl (C=O) groups is 15. The summed E-state index contributed by atoms with van der Waals surface area (Å²) in [5.41, 5.74) is -1.49. The lowest BCUT2D eigenvalue weighted by molar-refractivity contribution is -0.171. The van der Waals surface area contributed by atoms with Gasteiger partial charge in [-0.3, -0.25) is 71.9 Å². The van der Waals surface area contributed by atoms with Gasteiger partial charge in [-0.15, -0.1) is 0 Å². The summed E-state index contributed by atoms with van der Waals surface area (Å²) >= 11 is 0. The molecule has 0 N–H and O–H groups in total. The van der Waals surface area contributed by atoms with Gasteiger partial charge in [-0.1, -0.05) is 69.2 Å². The summed E-state index contributed by atoms with van der Waals surface area (Å²) in [6.07, 6.45) is 3.69. The van der Waals surface area contributed by atoms with E-state index in [0.717, 1.165) is 51.4 Å². The van der Waals surface area contributed by atoms with E-state index in [0.29, 0.717) is 86.9 Å². The van der Waals surface area contributed by atoms with Crippen molar-refractivity contribution < 1.29 is 152 Å². The maximum absolute atomic E-state index is 12.3. The number of esters is 15. The van der Waals surface area contributed by atoms with Crippen molar-refractivity contribution in [2.75, 3.05) is 41.2 Å². The molecule has 0 spiro atoms. The number of methoxy groups -OCH3 is 3. The molecule has 121 heavy (non-hydrogen) atoms. The number of hydrogen-bond acceptors (Lipinski definition) is 32.